The fourth-order valence-corrected chi connectivity index (χ4v) is 2.40. The summed E-state index contributed by atoms with van der Waals surface area (Å²) in [6.07, 6.45) is 4.59. The Hall–Kier alpha value is -0.410. The molecule has 0 saturated carbocycles. The molecular formula is C13H24N2S. The van der Waals surface area contributed by atoms with Crippen LogP contribution in [0.2, 0.25) is 0 Å². The molecule has 2 nitrogen and oxygen atoms in total. The highest BCUT2D eigenvalue weighted by atomic mass is 32.1. The first kappa shape index (κ1) is 13.7. The SMILES string of the molecule is CC(C)CCCNCc1ncc(C(C)C)s1. The highest BCUT2D eigenvalue weighted by Crippen LogP contribution is 2.21. The lowest BCUT2D eigenvalue weighted by atomic mass is 10.1. The van der Waals surface area contributed by atoms with E-state index >= 15 is 0 Å². The van der Waals surface area contributed by atoms with E-state index in [9.17, 15) is 0 Å². The molecule has 3 heteroatoms. The summed E-state index contributed by atoms with van der Waals surface area (Å²) in [7, 11) is 0. The lowest BCUT2D eigenvalue weighted by Gasteiger charge is -2.04. The van der Waals surface area contributed by atoms with Crippen molar-refractivity contribution in [3.05, 3.63) is 16.1 Å². The van der Waals surface area contributed by atoms with E-state index in [4.69, 9.17) is 0 Å². The Morgan fingerprint density at radius 3 is 2.62 bits per heavy atom. The number of aromatic nitrogens is 1. The fraction of sp³-hybridized carbons (Fsp3) is 0.769. The number of rotatable bonds is 7. The summed E-state index contributed by atoms with van der Waals surface area (Å²) < 4.78 is 0. The molecule has 0 aromatic carbocycles. The first-order chi connectivity index (χ1) is 7.59. The van der Waals surface area contributed by atoms with E-state index in [1.165, 1.54) is 22.7 Å². The highest BCUT2D eigenvalue weighted by Gasteiger charge is 2.04. The van der Waals surface area contributed by atoms with Crippen LogP contribution in [-0.4, -0.2) is 11.5 Å². The smallest absolute Gasteiger partial charge is 0.107 e. The standard InChI is InChI=1S/C13H24N2S/c1-10(2)6-5-7-14-9-13-15-8-12(16-13)11(3)4/h8,10-11,14H,5-7,9H2,1-4H3. The molecule has 1 aromatic heterocycles. The summed E-state index contributed by atoms with van der Waals surface area (Å²) in [4.78, 5) is 5.81. The van der Waals surface area contributed by atoms with Crippen molar-refractivity contribution in [1.29, 1.82) is 0 Å². The Morgan fingerprint density at radius 2 is 2.06 bits per heavy atom. The predicted molar refractivity (Wildman–Crippen MR) is 72.0 cm³/mol. The van der Waals surface area contributed by atoms with Gasteiger partial charge in [0.2, 0.25) is 0 Å². The van der Waals surface area contributed by atoms with Crippen LogP contribution < -0.4 is 5.32 Å². The second kappa shape index (κ2) is 7.02. The van der Waals surface area contributed by atoms with Crippen LogP contribution in [-0.2, 0) is 6.54 Å². The summed E-state index contributed by atoms with van der Waals surface area (Å²) in [6, 6.07) is 0. The summed E-state index contributed by atoms with van der Waals surface area (Å²) in [5.41, 5.74) is 0. The quantitative estimate of drug-likeness (QED) is 0.733. The molecule has 1 N–H and O–H groups in total. The second-order valence-electron chi connectivity index (χ2n) is 5.02. The second-order valence-corrected chi connectivity index (χ2v) is 6.17. The van der Waals surface area contributed by atoms with Crippen LogP contribution in [0, 0.1) is 5.92 Å². The minimum absolute atomic E-state index is 0.604. The molecule has 0 spiro atoms. The van der Waals surface area contributed by atoms with E-state index in [1.54, 1.807) is 0 Å². The van der Waals surface area contributed by atoms with Gasteiger partial charge in [0.05, 0.1) is 0 Å². The van der Waals surface area contributed by atoms with Gasteiger partial charge in [-0.2, -0.15) is 0 Å². The van der Waals surface area contributed by atoms with Crippen LogP contribution in [0.4, 0.5) is 0 Å². The van der Waals surface area contributed by atoms with Crippen LogP contribution in [0.5, 0.6) is 0 Å². The first-order valence-corrected chi connectivity index (χ1v) is 7.06. The zero-order valence-electron chi connectivity index (χ0n) is 10.9. The minimum Gasteiger partial charge on any atom is -0.310 e. The van der Waals surface area contributed by atoms with Crippen molar-refractivity contribution >= 4 is 11.3 Å². The molecule has 0 saturated heterocycles. The summed E-state index contributed by atoms with van der Waals surface area (Å²) in [6.45, 7) is 11.0. The van der Waals surface area contributed by atoms with E-state index in [0.717, 1.165) is 19.0 Å². The molecule has 0 aliphatic carbocycles. The van der Waals surface area contributed by atoms with Gasteiger partial charge in [-0.1, -0.05) is 27.7 Å². The molecule has 0 amide bonds. The molecule has 0 unspecified atom stereocenters. The molecule has 0 bridgehead atoms. The van der Waals surface area contributed by atoms with Crippen LogP contribution >= 0.6 is 11.3 Å². The van der Waals surface area contributed by atoms with Gasteiger partial charge in [0.25, 0.3) is 0 Å². The third kappa shape index (κ3) is 5.08. The van der Waals surface area contributed by atoms with Crippen LogP contribution in [0.1, 0.15) is 56.3 Å². The van der Waals surface area contributed by atoms with Gasteiger partial charge >= 0.3 is 0 Å². The maximum Gasteiger partial charge on any atom is 0.107 e. The maximum atomic E-state index is 4.43. The molecular weight excluding hydrogens is 216 g/mol. The fourth-order valence-electron chi connectivity index (χ4n) is 1.50. The van der Waals surface area contributed by atoms with E-state index in [0.29, 0.717) is 5.92 Å². The highest BCUT2D eigenvalue weighted by molar-refractivity contribution is 7.11. The molecule has 0 aliphatic rings. The van der Waals surface area contributed by atoms with Crippen molar-refractivity contribution in [1.82, 2.24) is 10.3 Å². The van der Waals surface area contributed by atoms with E-state index in [2.05, 4.69) is 38.0 Å². The third-order valence-corrected chi connectivity index (χ3v) is 3.85. The summed E-state index contributed by atoms with van der Waals surface area (Å²) >= 11 is 1.83. The number of nitrogens with one attached hydrogen (secondary N) is 1. The van der Waals surface area contributed by atoms with Crippen molar-refractivity contribution in [2.24, 2.45) is 5.92 Å². The molecule has 1 heterocycles. The lowest BCUT2D eigenvalue weighted by Crippen LogP contribution is -2.14. The largest absolute Gasteiger partial charge is 0.310 e. The van der Waals surface area contributed by atoms with Crippen molar-refractivity contribution < 1.29 is 0 Å². The van der Waals surface area contributed by atoms with Crippen LogP contribution in [0.3, 0.4) is 0 Å². The molecule has 0 radical (unpaired) electrons. The number of hydrogen-bond acceptors (Lipinski definition) is 3. The summed E-state index contributed by atoms with van der Waals surface area (Å²) in [5, 5.41) is 4.67. The zero-order chi connectivity index (χ0) is 12.0. The predicted octanol–water partition coefficient (Wildman–Crippen LogP) is 3.79. The van der Waals surface area contributed by atoms with Gasteiger partial charge in [-0.15, -0.1) is 11.3 Å². The van der Waals surface area contributed by atoms with E-state index in [-0.39, 0.29) is 0 Å². The molecule has 1 rings (SSSR count). The Labute approximate surface area is 103 Å². The van der Waals surface area contributed by atoms with Crippen LogP contribution in [0.15, 0.2) is 6.20 Å². The Balaban J connectivity index is 2.17. The Kier molecular flexibility index (Phi) is 5.99. The molecule has 0 atom stereocenters. The van der Waals surface area contributed by atoms with Crippen molar-refractivity contribution in [3.63, 3.8) is 0 Å². The molecule has 0 fully saturated rings. The molecule has 16 heavy (non-hydrogen) atoms. The van der Waals surface area contributed by atoms with Gasteiger partial charge in [-0.05, 0) is 31.2 Å². The lowest BCUT2D eigenvalue weighted by molar-refractivity contribution is 0.527. The number of hydrogen-bond donors (Lipinski definition) is 1. The van der Waals surface area contributed by atoms with Gasteiger partial charge < -0.3 is 5.32 Å². The minimum atomic E-state index is 0.604. The van der Waals surface area contributed by atoms with Crippen molar-refractivity contribution in [2.45, 2.75) is 53.0 Å². The number of thiazole rings is 1. The average Bonchev–Trinajstić information content (AvgIpc) is 2.65. The average molecular weight is 240 g/mol. The third-order valence-electron chi connectivity index (χ3n) is 2.55. The zero-order valence-corrected chi connectivity index (χ0v) is 11.7. The van der Waals surface area contributed by atoms with Gasteiger partial charge in [0, 0.05) is 17.6 Å². The van der Waals surface area contributed by atoms with Crippen molar-refractivity contribution in [3.8, 4) is 0 Å². The van der Waals surface area contributed by atoms with Crippen LogP contribution in [0.25, 0.3) is 0 Å². The topological polar surface area (TPSA) is 24.9 Å². The normalized spacial score (nSPS) is 11.6. The van der Waals surface area contributed by atoms with Gasteiger partial charge in [0.15, 0.2) is 0 Å². The Morgan fingerprint density at radius 1 is 1.31 bits per heavy atom. The number of nitrogens with zero attached hydrogens (tertiary/aromatic N) is 1. The van der Waals surface area contributed by atoms with Gasteiger partial charge in [-0.3, -0.25) is 0 Å². The Bertz CT molecular complexity index is 292. The molecule has 92 valence electrons. The summed E-state index contributed by atoms with van der Waals surface area (Å²) in [5.74, 6) is 1.42. The maximum absolute atomic E-state index is 4.43. The van der Waals surface area contributed by atoms with E-state index in [1.807, 2.05) is 17.5 Å². The monoisotopic (exact) mass is 240 g/mol. The van der Waals surface area contributed by atoms with E-state index < -0.39 is 0 Å². The molecule has 1 aromatic rings. The first-order valence-electron chi connectivity index (χ1n) is 6.25. The van der Waals surface area contributed by atoms with Gasteiger partial charge in [0.1, 0.15) is 5.01 Å². The molecule has 0 aliphatic heterocycles. The van der Waals surface area contributed by atoms with Gasteiger partial charge in [-0.25, -0.2) is 4.98 Å². The van der Waals surface area contributed by atoms with Crippen molar-refractivity contribution in [2.75, 3.05) is 6.54 Å².